The first-order valence-corrected chi connectivity index (χ1v) is 7.38. The van der Waals surface area contributed by atoms with Crippen molar-refractivity contribution < 1.29 is 13.3 Å². The third-order valence-corrected chi connectivity index (χ3v) is 5.64. The predicted molar refractivity (Wildman–Crippen MR) is 63.0 cm³/mol. The van der Waals surface area contributed by atoms with Gasteiger partial charge in [-0.05, 0) is 22.9 Å². The van der Waals surface area contributed by atoms with Gasteiger partial charge < -0.3 is 0 Å². The van der Waals surface area contributed by atoms with Gasteiger partial charge in [-0.15, -0.1) is 0 Å². The minimum absolute atomic E-state index is 0.0554. The van der Waals surface area contributed by atoms with Gasteiger partial charge in [0, 0.05) is 17.4 Å². The third-order valence-electron chi connectivity index (χ3n) is 1.66. The van der Waals surface area contributed by atoms with E-state index in [1.807, 2.05) is 0 Å². The zero-order valence-corrected chi connectivity index (χ0v) is 10.4. The van der Waals surface area contributed by atoms with Crippen LogP contribution in [-0.4, -0.2) is 18.6 Å². The second-order valence-corrected chi connectivity index (χ2v) is 7.76. The summed E-state index contributed by atoms with van der Waals surface area (Å²) in [6.07, 6.45) is 0. The Hall–Kier alpha value is -1.08. The van der Waals surface area contributed by atoms with Crippen LogP contribution in [-0.2, 0) is 8.87 Å². The number of nitrogens with zero attached hydrogens (tertiary/aromatic N) is 1. The topological polar surface area (TPSA) is 77.3 Å². The van der Waals surface area contributed by atoms with E-state index >= 15 is 0 Å². The van der Waals surface area contributed by atoms with Crippen LogP contribution in [0.3, 0.4) is 0 Å². The molecule has 0 amide bonds. The fourth-order valence-corrected chi connectivity index (χ4v) is 4.32. The average molecular weight is 261 g/mol. The van der Waals surface area contributed by atoms with Gasteiger partial charge in [-0.25, -0.2) is 8.42 Å². The van der Waals surface area contributed by atoms with Gasteiger partial charge in [0.15, 0.2) is 0 Å². The summed E-state index contributed by atoms with van der Waals surface area (Å²) in [5.74, 6) is 0. The van der Waals surface area contributed by atoms with Crippen molar-refractivity contribution in [2.75, 3.05) is 0 Å². The van der Waals surface area contributed by atoms with Crippen LogP contribution in [0.25, 0.3) is 0 Å². The molecule has 16 heavy (non-hydrogen) atoms. The highest BCUT2D eigenvalue weighted by Gasteiger charge is 2.18. The van der Waals surface area contributed by atoms with Crippen molar-refractivity contribution >= 4 is 25.4 Å². The maximum Gasteiger partial charge on any atom is 0.269 e. The highest BCUT2D eigenvalue weighted by atomic mass is 33.1. The zero-order valence-electron chi connectivity index (χ0n) is 8.78. The number of nitro benzene ring substituents is 1. The van der Waals surface area contributed by atoms with Crippen molar-refractivity contribution in [2.45, 2.75) is 24.0 Å². The molecule has 0 saturated heterocycles. The Bertz CT molecular complexity index is 479. The lowest BCUT2D eigenvalue weighted by molar-refractivity contribution is -0.384. The van der Waals surface area contributed by atoms with Gasteiger partial charge >= 0.3 is 0 Å². The Kier molecular flexibility index (Phi) is 3.93. The predicted octanol–water partition coefficient (Wildman–Crippen LogP) is 2.43. The minimum atomic E-state index is -3.41. The molecule has 0 atom stereocenters. The van der Waals surface area contributed by atoms with E-state index in [0.717, 1.165) is 10.8 Å². The molecule has 0 aromatic heterocycles. The number of non-ortho nitro benzene ring substituents is 1. The highest BCUT2D eigenvalue weighted by Crippen LogP contribution is 2.27. The Balaban J connectivity index is 3.02. The third kappa shape index (κ3) is 3.21. The molecular weight excluding hydrogens is 250 g/mol. The van der Waals surface area contributed by atoms with Crippen LogP contribution in [0, 0.1) is 10.1 Å². The highest BCUT2D eigenvalue weighted by molar-refractivity contribution is 8.72. The van der Waals surface area contributed by atoms with Gasteiger partial charge in [-0.1, -0.05) is 13.8 Å². The smallest absolute Gasteiger partial charge is 0.258 e. The molecule has 0 bridgehead atoms. The van der Waals surface area contributed by atoms with E-state index in [1.54, 1.807) is 13.8 Å². The maximum atomic E-state index is 11.7. The summed E-state index contributed by atoms with van der Waals surface area (Å²) in [7, 11) is -2.58. The molecule has 1 aromatic carbocycles. The molecule has 0 spiro atoms. The number of hydrogen-bond acceptors (Lipinski definition) is 5. The maximum absolute atomic E-state index is 11.7. The standard InChI is InChI=1S/C9H11NO4S2/c1-7(2)15-16(13,14)9-5-3-8(4-6-9)10(11)12/h3-7H,1-2H3. The number of hydrogen-bond donors (Lipinski definition) is 0. The molecule has 5 nitrogen and oxygen atoms in total. The molecule has 0 radical (unpaired) electrons. The van der Waals surface area contributed by atoms with Crippen LogP contribution in [0.15, 0.2) is 29.2 Å². The molecule has 0 N–H and O–H groups in total. The van der Waals surface area contributed by atoms with Crippen LogP contribution in [0.1, 0.15) is 13.8 Å². The number of nitro groups is 1. The van der Waals surface area contributed by atoms with Gasteiger partial charge in [0.1, 0.15) is 0 Å². The molecule has 1 aromatic rings. The first-order valence-electron chi connectivity index (χ1n) is 4.50. The quantitative estimate of drug-likeness (QED) is 0.472. The Labute approximate surface area is 97.3 Å². The molecule has 0 fully saturated rings. The summed E-state index contributed by atoms with van der Waals surface area (Å²) in [5, 5.41) is 10.3. The van der Waals surface area contributed by atoms with Crippen LogP contribution in [0.4, 0.5) is 5.69 Å². The van der Waals surface area contributed by atoms with Gasteiger partial charge in [0.2, 0.25) is 8.87 Å². The Morgan fingerprint density at radius 2 is 1.75 bits per heavy atom. The lowest BCUT2D eigenvalue weighted by Crippen LogP contribution is -2.00. The van der Waals surface area contributed by atoms with Gasteiger partial charge in [0.25, 0.3) is 5.69 Å². The van der Waals surface area contributed by atoms with Gasteiger partial charge in [0.05, 0.1) is 9.82 Å². The fourth-order valence-electron chi connectivity index (χ4n) is 1.04. The van der Waals surface area contributed by atoms with E-state index in [-0.39, 0.29) is 15.8 Å². The van der Waals surface area contributed by atoms with E-state index in [0.29, 0.717) is 0 Å². The van der Waals surface area contributed by atoms with Gasteiger partial charge in [-0.3, -0.25) is 10.1 Å². The summed E-state index contributed by atoms with van der Waals surface area (Å²) in [4.78, 5) is 9.92. The SMILES string of the molecule is CC(C)SS(=O)(=O)c1ccc([N+](=O)[O-])cc1. The van der Waals surface area contributed by atoms with Crippen LogP contribution >= 0.6 is 10.8 Å². The second-order valence-electron chi connectivity index (χ2n) is 3.35. The number of rotatable bonds is 4. The molecule has 0 saturated carbocycles. The van der Waals surface area contributed by atoms with Crippen LogP contribution in [0.2, 0.25) is 0 Å². The molecular formula is C9H11NO4S2. The largest absolute Gasteiger partial charge is 0.269 e. The molecule has 0 aliphatic carbocycles. The first-order chi connectivity index (χ1) is 7.33. The summed E-state index contributed by atoms with van der Waals surface area (Å²) < 4.78 is 23.4. The number of benzene rings is 1. The Morgan fingerprint density at radius 1 is 1.25 bits per heavy atom. The van der Waals surface area contributed by atoms with Crippen molar-refractivity contribution in [3.8, 4) is 0 Å². The van der Waals surface area contributed by atoms with E-state index in [2.05, 4.69) is 0 Å². The van der Waals surface area contributed by atoms with E-state index in [4.69, 9.17) is 0 Å². The summed E-state index contributed by atoms with van der Waals surface area (Å²) in [6, 6.07) is 4.88. The van der Waals surface area contributed by atoms with Gasteiger partial charge in [-0.2, -0.15) is 0 Å². The molecule has 0 aliphatic rings. The fraction of sp³-hybridized carbons (Fsp3) is 0.333. The lowest BCUT2D eigenvalue weighted by Gasteiger charge is -2.05. The van der Waals surface area contributed by atoms with E-state index in [1.165, 1.54) is 24.3 Å². The van der Waals surface area contributed by atoms with Crippen molar-refractivity contribution in [3.05, 3.63) is 34.4 Å². The monoisotopic (exact) mass is 261 g/mol. The van der Waals surface area contributed by atoms with Crippen molar-refractivity contribution in [3.63, 3.8) is 0 Å². The van der Waals surface area contributed by atoms with Crippen LogP contribution in [0.5, 0.6) is 0 Å². The summed E-state index contributed by atoms with van der Waals surface area (Å²) in [6.45, 7) is 3.54. The lowest BCUT2D eigenvalue weighted by atomic mass is 10.3. The molecule has 1 rings (SSSR count). The molecule has 0 heterocycles. The van der Waals surface area contributed by atoms with Crippen LogP contribution < -0.4 is 0 Å². The first kappa shape index (κ1) is 13.0. The van der Waals surface area contributed by atoms with E-state index < -0.39 is 13.8 Å². The Morgan fingerprint density at radius 3 is 2.12 bits per heavy atom. The zero-order chi connectivity index (χ0) is 12.3. The molecule has 7 heteroatoms. The molecule has 0 aliphatic heterocycles. The summed E-state index contributed by atoms with van der Waals surface area (Å²) >= 11 is 0. The summed E-state index contributed by atoms with van der Waals surface area (Å²) in [5.41, 5.74) is -0.117. The van der Waals surface area contributed by atoms with Crippen molar-refractivity contribution in [2.24, 2.45) is 0 Å². The average Bonchev–Trinajstić information content (AvgIpc) is 2.16. The molecule has 88 valence electrons. The minimum Gasteiger partial charge on any atom is -0.258 e. The second kappa shape index (κ2) is 4.84. The normalized spacial score (nSPS) is 11.7. The van der Waals surface area contributed by atoms with E-state index in [9.17, 15) is 18.5 Å². The van der Waals surface area contributed by atoms with Crippen molar-refractivity contribution in [1.29, 1.82) is 0 Å². The molecule has 0 unspecified atom stereocenters. The van der Waals surface area contributed by atoms with Crippen molar-refractivity contribution in [1.82, 2.24) is 0 Å².